The molecule has 3 aromatic rings. The first kappa shape index (κ1) is 33.7. The van der Waals surface area contributed by atoms with E-state index in [0.717, 1.165) is 49.1 Å². The third-order valence-corrected chi connectivity index (χ3v) is 13.5. The fourth-order valence-electron chi connectivity index (χ4n) is 7.65. The minimum absolute atomic E-state index is 0.0178. The summed E-state index contributed by atoms with van der Waals surface area (Å²) in [4.78, 5) is 34.6. The van der Waals surface area contributed by atoms with Crippen molar-refractivity contribution < 1.29 is 31.5 Å². The maximum Gasteiger partial charge on any atom is 0.387 e. The molecule has 7 rings (SSSR count). The van der Waals surface area contributed by atoms with Crippen LogP contribution in [0.1, 0.15) is 80.9 Å². The molecule has 5 heterocycles. The smallest absolute Gasteiger partial charge is 0.387 e. The average Bonchev–Trinajstić information content (AvgIpc) is 3.83. The summed E-state index contributed by atoms with van der Waals surface area (Å²) in [7, 11) is -1.56. The molecule has 49 heavy (non-hydrogen) atoms. The molecule has 4 aliphatic rings. The number of sulfonamides is 1. The number of ether oxygens (including phenoxy) is 1. The van der Waals surface area contributed by atoms with Gasteiger partial charge in [0.05, 0.1) is 34.3 Å². The Morgan fingerprint density at radius 3 is 2.41 bits per heavy atom. The minimum atomic E-state index is -3.45. The SMILES string of the molecule is Cn1nc(C2CCC(=O)NC2=O)c2ccc(C3CCN(CCC4(S(=O)(=O)N5CCC(Nc6ncc(OC(F)F)cn6)CC5)CC4)CC3)cc21. The fourth-order valence-corrected chi connectivity index (χ4v) is 9.85. The van der Waals surface area contributed by atoms with Crippen molar-refractivity contribution in [2.45, 2.75) is 87.0 Å². The van der Waals surface area contributed by atoms with Crippen LogP contribution in [-0.2, 0) is 26.7 Å². The molecule has 1 atom stereocenters. The monoisotopic (exact) mass is 700 g/mol. The van der Waals surface area contributed by atoms with Crippen molar-refractivity contribution in [3.8, 4) is 5.75 Å². The normalized spacial score (nSPS) is 22.8. The lowest BCUT2D eigenvalue weighted by Crippen LogP contribution is -2.48. The van der Waals surface area contributed by atoms with Gasteiger partial charge in [-0.3, -0.25) is 19.6 Å². The lowest BCUT2D eigenvalue weighted by Gasteiger charge is -2.36. The van der Waals surface area contributed by atoms with Gasteiger partial charge in [-0.05, 0) is 88.5 Å². The number of carbonyl (C=O) groups excluding carboxylic acids is 2. The average molecular weight is 701 g/mol. The molecular formula is C33H42F2N8O5S. The lowest BCUT2D eigenvalue weighted by atomic mass is 9.87. The summed E-state index contributed by atoms with van der Waals surface area (Å²) in [6.45, 7) is 0.440. The number of hydrogen-bond acceptors (Lipinski definition) is 10. The van der Waals surface area contributed by atoms with Crippen LogP contribution in [0, 0.1) is 0 Å². The minimum Gasteiger partial charge on any atom is -0.432 e. The number of piperidine rings is 3. The molecule has 264 valence electrons. The number of nitrogens with zero attached hydrogens (tertiary/aromatic N) is 6. The predicted octanol–water partition coefficient (Wildman–Crippen LogP) is 3.49. The summed E-state index contributed by atoms with van der Waals surface area (Å²) < 4.78 is 59.4. The van der Waals surface area contributed by atoms with E-state index >= 15 is 0 Å². The number of carbonyl (C=O) groups is 2. The number of halogens is 2. The highest BCUT2D eigenvalue weighted by molar-refractivity contribution is 7.90. The molecule has 2 N–H and O–H groups in total. The zero-order valence-electron chi connectivity index (χ0n) is 27.5. The second-order valence-corrected chi connectivity index (χ2v) is 16.1. The van der Waals surface area contributed by atoms with Crippen LogP contribution in [0.25, 0.3) is 10.9 Å². The molecule has 16 heteroatoms. The second-order valence-electron chi connectivity index (χ2n) is 13.8. The summed E-state index contributed by atoms with van der Waals surface area (Å²) in [6.07, 6.45) is 8.32. The van der Waals surface area contributed by atoms with E-state index < -0.39 is 27.3 Å². The highest BCUT2D eigenvalue weighted by Crippen LogP contribution is 2.49. The van der Waals surface area contributed by atoms with Crippen LogP contribution < -0.4 is 15.4 Å². The van der Waals surface area contributed by atoms with E-state index in [0.29, 0.717) is 69.9 Å². The van der Waals surface area contributed by atoms with Crippen molar-refractivity contribution in [3.63, 3.8) is 0 Å². The Morgan fingerprint density at radius 1 is 1.04 bits per heavy atom. The maximum atomic E-state index is 13.8. The molecule has 2 amide bonds. The Kier molecular flexibility index (Phi) is 9.30. The molecule has 0 radical (unpaired) electrons. The number of amides is 2. The Labute approximate surface area is 283 Å². The molecule has 3 aliphatic heterocycles. The maximum absolute atomic E-state index is 13.8. The number of anilines is 1. The number of nitrogens with one attached hydrogen (secondary N) is 2. The van der Waals surface area contributed by atoms with Crippen molar-refractivity contribution in [1.29, 1.82) is 0 Å². The van der Waals surface area contributed by atoms with Gasteiger partial charge in [0.25, 0.3) is 0 Å². The van der Waals surface area contributed by atoms with E-state index in [1.54, 1.807) is 4.31 Å². The van der Waals surface area contributed by atoms with Crippen molar-refractivity contribution in [3.05, 3.63) is 41.9 Å². The van der Waals surface area contributed by atoms with Gasteiger partial charge >= 0.3 is 6.61 Å². The zero-order chi connectivity index (χ0) is 34.3. The molecule has 1 unspecified atom stereocenters. The summed E-state index contributed by atoms with van der Waals surface area (Å²) in [5.74, 6) is -0.386. The molecule has 13 nitrogen and oxygen atoms in total. The van der Waals surface area contributed by atoms with Crippen LogP contribution >= 0.6 is 0 Å². The van der Waals surface area contributed by atoms with Crippen LogP contribution in [0.3, 0.4) is 0 Å². The van der Waals surface area contributed by atoms with E-state index in [2.05, 4.69) is 53.5 Å². The Bertz CT molecular complexity index is 1800. The van der Waals surface area contributed by atoms with Crippen molar-refractivity contribution in [1.82, 2.24) is 34.3 Å². The molecule has 2 aromatic heterocycles. The summed E-state index contributed by atoms with van der Waals surface area (Å²) >= 11 is 0. The van der Waals surface area contributed by atoms with Crippen LogP contribution in [0.5, 0.6) is 5.75 Å². The topological polar surface area (TPSA) is 152 Å². The molecule has 4 fully saturated rings. The van der Waals surface area contributed by atoms with Crippen molar-refractivity contribution in [2.75, 3.05) is 38.0 Å². The number of hydrogen-bond donors (Lipinski definition) is 2. The molecule has 0 bridgehead atoms. The third-order valence-electron chi connectivity index (χ3n) is 10.8. The Morgan fingerprint density at radius 2 is 1.76 bits per heavy atom. The number of benzene rings is 1. The Balaban J connectivity index is 0.892. The van der Waals surface area contributed by atoms with E-state index in [4.69, 9.17) is 0 Å². The van der Waals surface area contributed by atoms with E-state index in [9.17, 15) is 26.8 Å². The first-order chi connectivity index (χ1) is 23.5. The quantitative estimate of drug-likeness (QED) is 0.285. The van der Waals surface area contributed by atoms with Crippen molar-refractivity contribution >= 4 is 38.7 Å². The number of imide groups is 1. The number of alkyl halides is 2. The van der Waals surface area contributed by atoms with Crippen molar-refractivity contribution in [2.24, 2.45) is 7.05 Å². The van der Waals surface area contributed by atoms with E-state index in [1.807, 2.05) is 11.7 Å². The Hall–Kier alpha value is -3.76. The zero-order valence-corrected chi connectivity index (χ0v) is 28.3. The van der Waals surface area contributed by atoms with Gasteiger partial charge in [-0.2, -0.15) is 13.9 Å². The number of fused-ring (bicyclic) bond motifs is 1. The first-order valence-electron chi connectivity index (χ1n) is 17.1. The number of likely N-dealkylation sites (tertiary alicyclic amines) is 1. The molecular weight excluding hydrogens is 658 g/mol. The van der Waals surface area contributed by atoms with Crippen LogP contribution in [-0.4, -0.2) is 99.3 Å². The number of rotatable bonds is 11. The van der Waals surface area contributed by atoms with E-state index in [1.165, 1.54) is 18.0 Å². The fraction of sp³-hybridized carbons (Fsp3) is 0.606. The molecule has 1 aromatic carbocycles. The standard InChI is InChI=1S/C33H42F2N8O5S/c1-41-27-18-22(2-3-25(27)29(40-41)26-4-5-28(44)39-30(26)45)21-6-13-42(14-7-21)17-12-33(10-11-33)49(46,47)43-15-8-23(9-16-43)38-32-36-19-24(20-37-32)48-31(34)35/h2-3,18-21,23,26,31H,4-17H2,1H3,(H,36,37,38)(H,39,44,45). The van der Waals surface area contributed by atoms with Crippen LogP contribution in [0.4, 0.5) is 14.7 Å². The molecule has 1 aliphatic carbocycles. The van der Waals surface area contributed by atoms with E-state index in [-0.39, 0.29) is 23.6 Å². The van der Waals surface area contributed by atoms with Gasteiger partial charge in [-0.1, -0.05) is 12.1 Å². The molecule has 3 saturated heterocycles. The van der Waals surface area contributed by atoms with Crippen LogP contribution in [0.15, 0.2) is 30.6 Å². The summed E-state index contributed by atoms with van der Waals surface area (Å²) in [5.41, 5.74) is 2.94. The van der Waals surface area contributed by atoms with Gasteiger partial charge in [-0.15, -0.1) is 0 Å². The third kappa shape index (κ3) is 6.99. The second kappa shape index (κ2) is 13.5. The van der Waals surface area contributed by atoms with Crippen LogP contribution in [0.2, 0.25) is 0 Å². The first-order valence-corrected chi connectivity index (χ1v) is 18.5. The highest BCUT2D eigenvalue weighted by Gasteiger charge is 2.56. The van der Waals surface area contributed by atoms with Gasteiger partial charge < -0.3 is 15.0 Å². The van der Waals surface area contributed by atoms with Gasteiger partial charge in [0, 0.05) is 38.0 Å². The van der Waals surface area contributed by atoms with Gasteiger partial charge in [0.15, 0.2) is 5.75 Å². The van der Waals surface area contributed by atoms with Gasteiger partial charge in [0.2, 0.25) is 27.8 Å². The van der Waals surface area contributed by atoms with Gasteiger partial charge in [0.1, 0.15) is 0 Å². The lowest BCUT2D eigenvalue weighted by molar-refractivity contribution is -0.134. The predicted molar refractivity (Wildman–Crippen MR) is 177 cm³/mol. The molecule has 0 spiro atoms. The highest BCUT2D eigenvalue weighted by atomic mass is 32.2. The number of aryl methyl sites for hydroxylation is 1. The summed E-state index contributed by atoms with van der Waals surface area (Å²) in [5, 5.41) is 11.2. The number of aromatic nitrogens is 4. The summed E-state index contributed by atoms with van der Waals surface area (Å²) in [6, 6.07) is 6.36. The van der Waals surface area contributed by atoms with Gasteiger partial charge in [-0.25, -0.2) is 22.7 Å². The largest absolute Gasteiger partial charge is 0.432 e. The molecule has 1 saturated carbocycles.